The van der Waals surface area contributed by atoms with E-state index in [4.69, 9.17) is 4.74 Å². The van der Waals surface area contributed by atoms with Gasteiger partial charge in [0, 0.05) is 32.4 Å². The van der Waals surface area contributed by atoms with Crippen molar-refractivity contribution >= 4 is 17.6 Å². The van der Waals surface area contributed by atoms with Crippen LogP contribution in [0.3, 0.4) is 0 Å². The van der Waals surface area contributed by atoms with E-state index in [0.717, 1.165) is 24.5 Å². The molecule has 148 valence electrons. The molecule has 1 atom stereocenters. The largest absolute Gasteiger partial charge is 0.497 e. The van der Waals surface area contributed by atoms with Gasteiger partial charge in [-0.15, -0.1) is 0 Å². The lowest BCUT2D eigenvalue weighted by atomic mass is 10.1. The lowest BCUT2D eigenvalue weighted by Gasteiger charge is -2.36. The molecule has 2 aromatic rings. The Labute approximate surface area is 165 Å². The molecule has 1 aromatic carbocycles. The summed E-state index contributed by atoms with van der Waals surface area (Å²) < 4.78 is 5.17. The van der Waals surface area contributed by atoms with Crippen molar-refractivity contribution in [2.75, 3.05) is 38.2 Å². The molecule has 2 amide bonds. The van der Waals surface area contributed by atoms with Gasteiger partial charge in [-0.3, -0.25) is 9.59 Å². The van der Waals surface area contributed by atoms with E-state index in [9.17, 15) is 9.59 Å². The number of carbonyl (C=O) groups excluding carboxylic acids is 2. The maximum absolute atomic E-state index is 12.7. The van der Waals surface area contributed by atoms with Crippen LogP contribution in [0.1, 0.15) is 12.5 Å². The first-order valence-corrected chi connectivity index (χ1v) is 9.44. The van der Waals surface area contributed by atoms with E-state index >= 15 is 0 Å². The number of carbonyl (C=O) groups is 2. The van der Waals surface area contributed by atoms with Crippen molar-refractivity contribution in [2.45, 2.75) is 19.4 Å². The molecule has 7 nitrogen and oxygen atoms in total. The predicted octanol–water partition coefficient (Wildman–Crippen LogP) is 1.49. The monoisotopic (exact) mass is 382 g/mol. The second-order valence-electron chi connectivity index (χ2n) is 6.82. The van der Waals surface area contributed by atoms with Crippen LogP contribution in [0.2, 0.25) is 0 Å². The Balaban J connectivity index is 1.48. The summed E-state index contributed by atoms with van der Waals surface area (Å²) >= 11 is 0. The van der Waals surface area contributed by atoms with Crippen LogP contribution in [0, 0.1) is 0 Å². The normalized spacial score (nSPS) is 15.1. The topological polar surface area (TPSA) is 74.8 Å². The Bertz CT molecular complexity index is 804. The molecule has 3 rings (SSSR count). The zero-order valence-corrected chi connectivity index (χ0v) is 16.3. The summed E-state index contributed by atoms with van der Waals surface area (Å²) in [6.45, 7) is 4.42. The molecular formula is C21H26N4O3. The number of ether oxygens (including phenoxy) is 1. The van der Waals surface area contributed by atoms with E-state index in [2.05, 4.69) is 15.2 Å². The second-order valence-corrected chi connectivity index (χ2v) is 6.82. The fraction of sp³-hybridized carbons (Fsp3) is 0.381. The highest BCUT2D eigenvalue weighted by atomic mass is 16.5. The number of nitrogens with zero attached hydrogens (tertiary/aromatic N) is 3. The zero-order valence-electron chi connectivity index (χ0n) is 16.3. The summed E-state index contributed by atoms with van der Waals surface area (Å²) in [5, 5.41) is 2.81. The number of hydrogen-bond donors (Lipinski definition) is 1. The van der Waals surface area contributed by atoms with Crippen LogP contribution < -0.4 is 15.0 Å². The number of amides is 2. The van der Waals surface area contributed by atoms with Crippen LogP contribution in [0.15, 0.2) is 48.7 Å². The molecule has 1 saturated heterocycles. The molecule has 28 heavy (non-hydrogen) atoms. The van der Waals surface area contributed by atoms with E-state index in [1.807, 2.05) is 42.5 Å². The number of hydrogen-bond acceptors (Lipinski definition) is 5. The van der Waals surface area contributed by atoms with E-state index in [-0.39, 0.29) is 18.2 Å². The number of benzene rings is 1. The first-order valence-electron chi connectivity index (χ1n) is 9.44. The average Bonchev–Trinajstić information content (AvgIpc) is 2.74. The Hall–Kier alpha value is -3.09. The summed E-state index contributed by atoms with van der Waals surface area (Å²) in [7, 11) is 1.59. The Morgan fingerprint density at radius 2 is 1.93 bits per heavy atom. The standard InChI is InChI=1S/C21H26N4O3/c1-16(23-20(26)15-17-6-5-7-18(14-17)28-2)21(27)25-12-10-24(11-13-25)19-8-3-4-9-22-19/h3-9,14,16H,10-13,15H2,1-2H3,(H,23,26)/t16-/m0/s1. The van der Waals surface area contributed by atoms with Crippen LogP contribution in [-0.4, -0.2) is 61.0 Å². The summed E-state index contributed by atoms with van der Waals surface area (Å²) in [5.74, 6) is 1.40. The minimum Gasteiger partial charge on any atom is -0.497 e. The van der Waals surface area contributed by atoms with Crippen LogP contribution >= 0.6 is 0 Å². The molecular weight excluding hydrogens is 356 g/mol. The third-order valence-electron chi connectivity index (χ3n) is 4.81. The van der Waals surface area contributed by atoms with Gasteiger partial charge in [-0.25, -0.2) is 4.98 Å². The second kappa shape index (κ2) is 9.21. The van der Waals surface area contributed by atoms with Gasteiger partial charge >= 0.3 is 0 Å². The van der Waals surface area contributed by atoms with Crippen molar-refractivity contribution in [2.24, 2.45) is 0 Å². The maximum Gasteiger partial charge on any atom is 0.244 e. The van der Waals surface area contributed by atoms with Gasteiger partial charge in [-0.05, 0) is 36.8 Å². The molecule has 1 aliphatic heterocycles. The van der Waals surface area contributed by atoms with Gasteiger partial charge < -0.3 is 19.9 Å². The maximum atomic E-state index is 12.7. The van der Waals surface area contributed by atoms with E-state index in [1.165, 1.54) is 0 Å². The van der Waals surface area contributed by atoms with Crippen molar-refractivity contribution < 1.29 is 14.3 Å². The number of aromatic nitrogens is 1. The lowest BCUT2D eigenvalue weighted by molar-refractivity contribution is -0.136. The molecule has 2 heterocycles. The van der Waals surface area contributed by atoms with Gasteiger partial charge in [-0.2, -0.15) is 0 Å². The summed E-state index contributed by atoms with van der Waals surface area (Å²) in [5.41, 5.74) is 0.848. The smallest absolute Gasteiger partial charge is 0.244 e. The highest BCUT2D eigenvalue weighted by molar-refractivity contribution is 5.88. The fourth-order valence-corrected chi connectivity index (χ4v) is 3.29. The minimum absolute atomic E-state index is 0.0559. The van der Waals surface area contributed by atoms with E-state index in [1.54, 1.807) is 25.1 Å². The SMILES string of the molecule is COc1cccc(CC(=O)N[C@@H](C)C(=O)N2CCN(c3ccccn3)CC2)c1. The van der Waals surface area contributed by atoms with E-state index < -0.39 is 6.04 Å². The molecule has 1 fully saturated rings. The molecule has 0 bridgehead atoms. The Morgan fingerprint density at radius 1 is 1.14 bits per heavy atom. The third kappa shape index (κ3) is 5.00. The van der Waals surface area contributed by atoms with Gasteiger partial charge in [0.25, 0.3) is 0 Å². The summed E-state index contributed by atoms with van der Waals surface area (Å²) in [6.07, 6.45) is 1.98. The Morgan fingerprint density at radius 3 is 2.61 bits per heavy atom. The molecule has 0 radical (unpaired) electrons. The first-order chi connectivity index (χ1) is 13.6. The van der Waals surface area contributed by atoms with Gasteiger partial charge in [0.15, 0.2) is 0 Å². The van der Waals surface area contributed by atoms with Gasteiger partial charge in [0.2, 0.25) is 11.8 Å². The highest BCUT2D eigenvalue weighted by Crippen LogP contribution is 2.14. The number of anilines is 1. The fourth-order valence-electron chi connectivity index (χ4n) is 3.29. The number of pyridine rings is 1. The summed E-state index contributed by atoms with van der Waals surface area (Å²) in [6, 6.07) is 12.6. The van der Waals surface area contributed by atoms with Gasteiger partial charge in [0.1, 0.15) is 17.6 Å². The first kappa shape index (κ1) is 19.7. The number of piperazine rings is 1. The molecule has 0 saturated carbocycles. The van der Waals surface area contributed by atoms with Crippen LogP contribution in [0.4, 0.5) is 5.82 Å². The molecule has 1 N–H and O–H groups in total. The number of methoxy groups -OCH3 is 1. The molecule has 7 heteroatoms. The van der Waals surface area contributed by atoms with Gasteiger partial charge in [0.05, 0.1) is 13.5 Å². The van der Waals surface area contributed by atoms with Crippen LogP contribution in [0.25, 0.3) is 0 Å². The molecule has 1 aromatic heterocycles. The molecule has 0 spiro atoms. The molecule has 0 unspecified atom stereocenters. The number of rotatable bonds is 6. The van der Waals surface area contributed by atoms with Crippen molar-refractivity contribution in [1.82, 2.24) is 15.2 Å². The van der Waals surface area contributed by atoms with Crippen LogP contribution in [-0.2, 0) is 16.0 Å². The predicted molar refractivity (Wildman–Crippen MR) is 107 cm³/mol. The molecule has 0 aliphatic carbocycles. The lowest BCUT2D eigenvalue weighted by Crippen LogP contribution is -2.54. The quantitative estimate of drug-likeness (QED) is 0.819. The molecule has 1 aliphatic rings. The van der Waals surface area contributed by atoms with Crippen molar-refractivity contribution in [3.63, 3.8) is 0 Å². The zero-order chi connectivity index (χ0) is 19.9. The van der Waals surface area contributed by atoms with Gasteiger partial charge in [-0.1, -0.05) is 18.2 Å². The van der Waals surface area contributed by atoms with Crippen molar-refractivity contribution in [3.05, 3.63) is 54.2 Å². The van der Waals surface area contributed by atoms with Crippen molar-refractivity contribution in [3.8, 4) is 5.75 Å². The van der Waals surface area contributed by atoms with Crippen molar-refractivity contribution in [1.29, 1.82) is 0 Å². The highest BCUT2D eigenvalue weighted by Gasteiger charge is 2.26. The minimum atomic E-state index is -0.556. The van der Waals surface area contributed by atoms with Crippen LogP contribution in [0.5, 0.6) is 5.75 Å². The Kier molecular flexibility index (Phi) is 6.47. The third-order valence-corrected chi connectivity index (χ3v) is 4.81. The average molecular weight is 382 g/mol. The number of nitrogens with one attached hydrogen (secondary N) is 1. The summed E-state index contributed by atoms with van der Waals surface area (Å²) in [4.78, 5) is 33.3. The van der Waals surface area contributed by atoms with E-state index in [0.29, 0.717) is 18.8 Å².